The van der Waals surface area contributed by atoms with Crippen LogP contribution in [0.2, 0.25) is 0 Å². The minimum atomic E-state index is -0.340. The Kier molecular flexibility index (Phi) is 6.95. The molecular weight excluding hydrogens is 425 g/mol. The van der Waals surface area contributed by atoms with Gasteiger partial charge in [0.15, 0.2) is 0 Å². The number of piperazine rings is 1. The minimum absolute atomic E-state index is 0.0360. The van der Waals surface area contributed by atoms with Crippen LogP contribution in [0.5, 0.6) is 0 Å². The fourth-order valence-corrected chi connectivity index (χ4v) is 3.36. The first-order valence-electron chi connectivity index (χ1n) is 9.00. The monoisotopic (exact) mass is 445 g/mol. The van der Waals surface area contributed by atoms with Gasteiger partial charge in [-0.25, -0.2) is 4.39 Å². The van der Waals surface area contributed by atoms with E-state index >= 15 is 0 Å². The van der Waals surface area contributed by atoms with Crippen molar-refractivity contribution in [1.29, 1.82) is 0 Å². The third kappa shape index (κ3) is 5.74. The topological polar surface area (TPSA) is 52.7 Å². The zero-order valence-corrected chi connectivity index (χ0v) is 16.9. The lowest BCUT2D eigenvalue weighted by molar-refractivity contribution is -0.127. The van der Waals surface area contributed by atoms with E-state index in [0.717, 1.165) is 10.0 Å². The first-order chi connectivity index (χ1) is 13.5. The van der Waals surface area contributed by atoms with E-state index in [1.54, 1.807) is 17.1 Å². The van der Waals surface area contributed by atoms with E-state index in [9.17, 15) is 14.0 Å². The lowest BCUT2D eigenvalue weighted by Crippen LogP contribution is -2.50. The van der Waals surface area contributed by atoms with Crippen LogP contribution in [0.1, 0.15) is 5.56 Å². The van der Waals surface area contributed by atoms with Gasteiger partial charge >= 0.3 is 0 Å². The largest absolute Gasteiger partial charge is 0.337 e. The molecule has 0 radical (unpaired) electrons. The van der Waals surface area contributed by atoms with Crippen molar-refractivity contribution in [2.45, 2.75) is 0 Å². The standard InChI is InChI=1S/C21H21BrFN3O2/c22-19-4-2-1-3-16(19)5-10-21(28)26-13-11-25(12-14-26)15-20(27)24-18-8-6-17(23)7-9-18/h1-10H,11-15H2,(H,24,27). The van der Waals surface area contributed by atoms with Crippen molar-refractivity contribution < 1.29 is 14.0 Å². The normalized spacial score (nSPS) is 15.0. The van der Waals surface area contributed by atoms with Gasteiger partial charge in [0.25, 0.3) is 0 Å². The Morgan fingerprint density at radius 1 is 1.04 bits per heavy atom. The van der Waals surface area contributed by atoms with Crippen molar-refractivity contribution >= 4 is 39.5 Å². The Morgan fingerprint density at radius 2 is 1.71 bits per heavy atom. The number of anilines is 1. The first kappa shape index (κ1) is 20.2. The summed E-state index contributed by atoms with van der Waals surface area (Å²) in [6.07, 6.45) is 3.38. The number of amides is 2. The Hall–Kier alpha value is -2.51. The third-order valence-corrected chi connectivity index (χ3v) is 5.21. The van der Waals surface area contributed by atoms with Crippen LogP contribution in [-0.4, -0.2) is 54.3 Å². The van der Waals surface area contributed by atoms with Crippen molar-refractivity contribution in [3.05, 3.63) is 70.5 Å². The van der Waals surface area contributed by atoms with Crippen LogP contribution in [0.4, 0.5) is 10.1 Å². The van der Waals surface area contributed by atoms with Crippen molar-refractivity contribution in [2.75, 3.05) is 38.0 Å². The summed E-state index contributed by atoms with van der Waals surface area (Å²) in [5.74, 6) is -0.529. The minimum Gasteiger partial charge on any atom is -0.337 e. The summed E-state index contributed by atoms with van der Waals surface area (Å²) in [6, 6.07) is 13.4. The van der Waals surface area contributed by atoms with E-state index in [-0.39, 0.29) is 24.2 Å². The predicted molar refractivity (Wildman–Crippen MR) is 111 cm³/mol. The van der Waals surface area contributed by atoms with E-state index in [0.29, 0.717) is 31.9 Å². The molecule has 0 aliphatic carbocycles. The van der Waals surface area contributed by atoms with E-state index in [1.807, 2.05) is 29.2 Å². The van der Waals surface area contributed by atoms with Crippen molar-refractivity contribution in [2.24, 2.45) is 0 Å². The molecule has 28 heavy (non-hydrogen) atoms. The number of rotatable bonds is 5. The molecule has 0 saturated carbocycles. The SMILES string of the molecule is O=C(CN1CCN(C(=O)C=Cc2ccccc2Br)CC1)Nc1ccc(F)cc1. The highest BCUT2D eigenvalue weighted by atomic mass is 79.9. The van der Waals surface area contributed by atoms with Crippen LogP contribution in [0, 0.1) is 5.82 Å². The number of hydrogen-bond acceptors (Lipinski definition) is 3. The second-order valence-corrected chi connectivity index (χ2v) is 7.37. The van der Waals surface area contributed by atoms with Gasteiger partial charge in [-0.15, -0.1) is 0 Å². The van der Waals surface area contributed by atoms with Gasteiger partial charge in [-0.05, 0) is 42.0 Å². The van der Waals surface area contributed by atoms with Gasteiger partial charge in [0, 0.05) is 42.4 Å². The zero-order valence-electron chi connectivity index (χ0n) is 15.3. The summed E-state index contributed by atoms with van der Waals surface area (Å²) in [6.45, 7) is 2.65. The van der Waals surface area contributed by atoms with Crippen molar-refractivity contribution in [1.82, 2.24) is 9.80 Å². The highest BCUT2D eigenvalue weighted by Crippen LogP contribution is 2.17. The quantitative estimate of drug-likeness (QED) is 0.717. The highest BCUT2D eigenvalue weighted by molar-refractivity contribution is 9.10. The molecular formula is C21H21BrFN3O2. The van der Waals surface area contributed by atoms with Crippen molar-refractivity contribution in [3.8, 4) is 0 Å². The lowest BCUT2D eigenvalue weighted by Gasteiger charge is -2.33. The molecule has 146 valence electrons. The number of carbonyl (C=O) groups excluding carboxylic acids is 2. The molecule has 0 aromatic heterocycles. The molecule has 0 unspecified atom stereocenters. The number of halogens is 2. The van der Waals surface area contributed by atoms with E-state index in [2.05, 4.69) is 21.2 Å². The maximum absolute atomic E-state index is 12.9. The van der Waals surface area contributed by atoms with Crippen LogP contribution in [0.15, 0.2) is 59.1 Å². The summed E-state index contributed by atoms with van der Waals surface area (Å²) >= 11 is 3.46. The molecule has 0 atom stereocenters. The summed E-state index contributed by atoms with van der Waals surface area (Å²) in [4.78, 5) is 28.3. The van der Waals surface area contributed by atoms with Gasteiger partial charge in [0.1, 0.15) is 5.82 Å². The lowest BCUT2D eigenvalue weighted by atomic mass is 10.2. The average molecular weight is 446 g/mol. The second kappa shape index (κ2) is 9.61. The van der Waals surface area contributed by atoms with Gasteiger partial charge in [-0.1, -0.05) is 34.1 Å². The summed E-state index contributed by atoms with van der Waals surface area (Å²) in [5, 5.41) is 2.75. The fourth-order valence-electron chi connectivity index (χ4n) is 2.94. The number of nitrogens with zero attached hydrogens (tertiary/aromatic N) is 2. The Labute approximate surface area is 172 Å². The molecule has 1 fully saturated rings. The number of nitrogens with one attached hydrogen (secondary N) is 1. The van der Waals surface area contributed by atoms with Crippen LogP contribution < -0.4 is 5.32 Å². The third-order valence-electron chi connectivity index (χ3n) is 4.49. The summed E-state index contributed by atoms with van der Waals surface area (Å²) < 4.78 is 13.9. The first-order valence-corrected chi connectivity index (χ1v) is 9.80. The maximum Gasteiger partial charge on any atom is 0.246 e. The van der Waals surface area contributed by atoms with Gasteiger partial charge in [-0.3, -0.25) is 14.5 Å². The average Bonchev–Trinajstić information content (AvgIpc) is 2.69. The Bertz CT molecular complexity index is 862. The Balaban J connectivity index is 1.45. The van der Waals surface area contributed by atoms with Crippen LogP contribution in [-0.2, 0) is 9.59 Å². The molecule has 1 N–H and O–H groups in total. The molecule has 3 rings (SSSR count). The molecule has 1 saturated heterocycles. The molecule has 2 amide bonds. The molecule has 2 aromatic carbocycles. The summed E-state index contributed by atoms with van der Waals surface area (Å²) in [7, 11) is 0. The predicted octanol–water partition coefficient (Wildman–Crippen LogP) is 3.38. The van der Waals surface area contributed by atoms with E-state index in [1.165, 1.54) is 24.3 Å². The van der Waals surface area contributed by atoms with Gasteiger partial charge in [0.05, 0.1) is 6.54 Å². The number of benzene rings is 2. The Morgan fingerprint density at radius 3 is 2.39 bits per heavy atom. The fraction of sp³-hybridized carbons (Fsp3) is 0.238. The molecule has 2 aromatic rings. The molecule has 5 nitrogen and oxygen atoms in total. The number of carbonyl (C=O) groups is 2. The highest BCUT2D eigenvalue weighted by Gasteiger charge is 2.21. The molecule has 1 heterocycles. The van der Waals surface area contributed by atoms with E-state index in [4.69, 9.17) is 0 Å². The van der Waals surface area contributed by atoms with E-state index < -0.39 is 0 Å². The molecule has 1 aliphatic heterocycles. The van der Waals surface area contributed by atoms with Crippen LogP contribution in [0.3, 0.4) is 0 Å². The van der Waals surface area contributed by atoms with Crippen LogP contribution >= 0.6 is 15.9 Å². The zero-order chi connectivity index (χ0) is 19.9. The molecule has 7 heteroatoms. The smallest absolute Gasteiger partial charge is 0.246 e. The molecule has 0 bridgehead atoms. The second-order valence-electron chi connectivity index (χ2n) is 6.51. The molecule has 0 spiro atoms. The molecule has 1 aliphatic rings. The van der Waals surface area contributed by atoms with Gasteiger partial charge in [-0.2, -0.15) is 0 Å². The van der Waals surface area contributed by atoms with Gasteiger partial charge < -0.3 is 10.2 Å². The summed E-state index contributed by atoms with van der Waals surface area (Å²) in [5.41, 5.74) is 1.52. The van der Waals surface area contributed by atoms with Gasteiger partial charge in [0.2, 0.25) is 11.8 Å². The van der Waals surface area contributed by atoms with Crippen LogP contribution in [0.25, 0.3) is 6.08 Å². The van der Waals surface area contributed by atoms with Crippen molar-refractivity contribution in [3.63, 3.8) is 0 Å². The number of hydrogen-bond donors (Lipinski definition) is 1. The maximum atomic E-state index is 12.9.